The van der Waals surface area contributed by atoms with Gasteiger partial charge in [-0.1, -0.05) is 27.7 Å². The van der Waals surface area contributed by atoms with Gasteiger partial charge in [0, 0.05) is 24.4 Å². The molecule has 29 heavy (non-hydrogen) atoms. The number of nitrogens with zero attached hydrogens (tertiary/aromatic N) is 2. The minimum atomic E-state index is -1.06. The zero-order chi connectivity index (χ0) is 22.1. The fourth-order valence-corrected chi connectivity index (χ4v) is 4.31. The number of carbonyl (C=O) groups is 3. The highest BCUT2D eigenvalue weighted by Crippen LogP contribution is 2.35. The van der Waals surface area contributed by atoms with E-state index in [1.807, 2.05) is 25.7 Å². The second kappa shape index (κ2) is 8.52. The first-order valence-corrected chi connectivity index (χ1v) is 10.8. The van der Waals surface area contributed by atoms with Crippen molar-refractivity contribution in [1.82, 2.24) is 9.80 Å². The predicted octanol–water partition coefficient (Wildman–Crippen LogP) is 3.90. The molecule has 0 bridgehead atoms. The number of likely N-dealkylation sites (tertiary alicyclic amines) is 1. The fraction of sp³-hybridized carbons (Fsp3) is 0.864. The molecule has 0 aromatic heterocycles. The summed E-state index contributed by atoms with van der Waals surface area (Å²) in [4.78, 5) is 41.1. The Labute approximate surface area is 174 Å². The van der Waals surface area contributed by atoms with Crippen molar-refractivity contribution in [3.63, 3.8) is 0 Å². The third kappa shape index (κ3) is 5.86. The third-order valence-corrected chi connectivity index (χ3v) is 5.84. The summed E-state index contributed by atoms with van der Waals surface area (Å²) >= 11 is 0. The summed E-state index contributed by atoms with van der Waals surface area (Å²) in [5.41, 5.74) is -1.28. The van der Waals surface area contributed by atoms with Gasteiger partial charge in [0.15, 0.2) is 0 Å². The minimum Gasteiger partial charge on any atom is -0.480 e. The number of carboxylic acids is 1. The number of amides is 2. The summed E-state index contributed by atoms with van der Waals surface area (Å²) in [6.07, 6.45) is 3.57. The van der Waals surface area contributed by atoms with Gasteiger partial charge in [0.25, 0.3) is 0 Å². The fourth-order valence-electron chi connectivity index (χ4n) is 4.31. The van der Waals surface area contributed by atoms with Crippen LogP contribution in [-0.4, -0.2) is 63.1 Å². The molecule has 0 aromatic rings. The zero-order valence-corrected chi connectivity index (χ0v) is 19.0. The molecule has 166 valence electrons. The third-order valence-electron chi connectivity index (χ3n) is 5.84. The van der Waals surface area contributed by atoms with Crippen molar-refractivity contribution < 1.29 is 24.2 Å². The van der Waals surface area contributed by atoms with E-state index in [2.05, 4.69) is 6.92 Å². The van der Waals surface area contributed by atoms with E-state index in [4.69, 9.17) is 4.74 Å². The van der Waals surface area contributed by atoms with Crippen LogP contribution < -0.4 is 0 Å². The Balaban J connectivity index is 2.29. The van der Waals surface area contributed by atoms with Crippen LogP contribution in [-0.2, 0) is 14.3 Å². The monoisotopic (exact) mass is 410 g/mol. The molecule has 0 spiro atoms. The lowest BCUT2D eigenvalue weighted by Gasteiger charge is -2.42. The average Bonchev–Trinajstić information content (AvgIpc) is 3.00. The molecular weight excluding hydrogens is 372 g/mol. The van der Waals surface area contributed by atoms with Gasteiger partial charge in [0.05, 0.1) is 6.04 Å². The maximum Gasteiger partial charge on any atom is 0.411 e. The summed E-state index contributed by atoms with van der Waals surface area (Å²) in [5, 5.41) is 9.72. The van der Waals surface area contributed by atoms with Crippen LogP contribution in [0.2, 0.25) is 0 Å². The van der Waals surface area contributed by atoms with Gasteiger partial charge in [-0.3, -0.25) is 9.69 Å². The Bertz CT molecular complexity index is 626. The highest BCUT2D eigenvalue weighted by atomic mass is 16.6. The molecule has 1 aliphatic heterocycles. The molecule has 1 saturated heterocycles. The Morgan fingerprint density at radius 1 is 0.966 bits per heavy atom. The smallest absolute Gasteiger partial charge is 0.411 e. The van der Waals surface area contributed by atoms with Crippen molar-refractivity contribution in [3.8, 4) is 0 Å². The number of rotatable bonds is 3. The summed E-state index contributed by atoms with van der Waals surface area (Å²) in [6, 6.07) is -1.20. The molecule has 7 nitrogen and oxygen atoms in total. The Kier molecular flexibility index (Phi) is 6.90. The Morgan fingerprint density at radius 3 is 1.97 bits per heavy atom. The van der Waals surface area contributed by atoms with Crippen molar-refractivity contribution in [3.05, 3.63) is 0 Å². The van der Waals surface area contributed by atoms with E-state index in [-0.39, 0.29) is 31.0 Å². The van der Waals surface area contributed by atoms with Crippen LogP contribution >= 0.6 is 0 Å². The van der Waals surface area contributed by atoms with E-state index in [0.29, 0.717) is 5.92 Å². The molecule has 2 fully saturated rings. The average molecular weight is 411 g/mol. The number of hydrogen-bond donors (Lipinski definition) is 1. The largest absolute Gasteiger partial charge is 0.480 e. The first-order chi connectivity index (χ1) is 13.2. The van der Waals surface area contributed by atoms with E-state index in [1.54, 1.807) is 20.8 Å². The van der Waals surface area contributed by atoms with E-state index in [9.17, 15) is 19.5 Å². The molecule has 1 N–H and O–H groups in total. The molecule has 1 unspecified atom stereocenters. The molecule has 1 aliphatic carbocycles. The van der Waals surface area contributed by atoms with E-state index in [0.717, 1.165) is 25.7 Å². The molecule has 7 heteroatoms. The van der Waals surface area contributed by atoms with Gasteiger partial charge in [-0.2, -0.15) is 0 Å². The van der Waals surface area contributed by atoms with Crippen LogP contribution in [0.4, 0.5) is 4.79 Å². The molecule has 2 rings (SSSR count). The maximum atomic E-state index is 13.4. The molecule has 2 aliphatic rings. The number of ether oxygens (including phenoxy) is 1. The van der Waals surface area contributed by atoms with Crippen LogP contribution in [0.15, 0.2) is 0 Å². The standard InChI is InChI=1S/C22H38N2O5/c1-14-8-10-15(11-9-14)24(19(27)21(2,3)4)16-12-17(18(25)26)23(13-16)20(28)29-22(5,6)7/h14-17H,8-13H2,1-7H3,(H,25,26)/t14?,15?,16?,17-/m0/s1. The van der Waals surface area contributed by atoms with Crippen LogP contribution in [0.1, 0.15) is 80.6 Å². The lowest BCUT2D eigenvalue weighted by atomic mass is 9.84. The second-order valence-corrected chi connectivity index (χ2v) is 10.8. The van der Waals surface area contributed by atoms with Gasteiger partial charge in [-0.05, 0) is 52.4 Å². The Hall–Kier alpha value is -1.79. The molecule has 0 radical (unpaired) electrons. The van der Waals surface area contributed by atoms with Gasteiger partial charge >= 0.3 is 12.1 Å². The lowest BCUT2D eigenvalue weighted by Crippen LogP contribution is -2.53. The molecule has 2 atom stereocenters. The Morgan fingerprint density at radius 2 is 1.52 bits per heavy atom. The molecular formula is C22H38N2O5. The SMILES string of the molecule is CC1CCC(N(C(=O)C(C)(C)C)C2C[C@@H](C(=O)O)N(C(=O)OC(C)(C)C)C2)CC1. The minimum absolute atomic E-state index is 0.0252. The first-order valence-electron chi connectivity index (χ1n) is 10.8. The van der Waals surface area contributed by atoms with Crippen LogP contribution in [0.25, 0.3) is 0 Å². The van der Waals surface area contributed by atoms with Crippen molar-refractivity contribution >= 4 is 18.0 Å². The summed E-state index contributed by atoms with van der Waals surface area (Å²) in [6.45, 7) is 13.4. The number of carboxylic acid groups (broad SMARTS) is 1. The first kappa shape index (κ1) is 23.5. The van der Waals surface area contributed by atoms with Crippen LogP contribution in [0.5, 0.6) is 0 Å². The van der Waals surface area contributed by atoms with E-state index >= 15 is 0 Å². The van der Waals surface area contributed by atoms with Gasteiger partial charge in [-0.15, -0.1) is 0 Å². The number of aliphatic carboxylic acids is 1. The maximum absolute atomic E-state index is 13.4. The molecule has 1 saturated carbocycles. The highest BCUT2D eigenvalue weighted by molar-refractivity contribution is 5.84. The van der Waals surface area contributed by atoms with Crippen LogP contribution in [0.3, 0.4) is 0 Å². The number of carbonyl (C=O) groups excluding carboxylic acids is 2. The molecule has 0 aromatic carbocycles. The highest BCUT2D eigenvalue weighted by Gasteiger charge is 2.47. The van der Waals surface area contributed by atoms with Gasteiger partial charge in [0.1, 0.15) is 11.6 Å². The zero-order valence-electron chi connectivity index (χ0n) is 19.0. The van der Waals surface area contributed by atoms with Crippen molar-refractivity contribution in [2.45, 2.75) is 104 Å². The van der Waals surface area contributed by atoms with Crippen LogP contribution in [0, 0.1) is 11.3 Å². The van der Waals surface area contributed by atoms with Gasteiger partial charge < -0.3 is 14.7 Å². The lowest BCUT2D eigenvalue weighted by molar-refractivity contribution is -0.146. The quantitative estimate of drug-likeness (QED) is 0.762. The normalized spacial score (nSPS) is 28.2. The molecule has 2 amide bonds. The topological polar surface area (TPSA) is 87.2 Å². The van der Waals surface area contributed by atoms with Crippen molar-refractivity contribution in [2.24, 2.45) is 11.3 Å². The van der Waals surface area contributed by atoms with Crippen molar-refractivity contribution in [2.75, 3.05) is 6.54 Å². The van der Waals surface area contributed by atoms with E-state index in [1.165, 1.54) is 4.90 Å². The van der Waals surface area contributed by atoms with Crippen molar-refractivity contribution in [1.29, 1.82) is 0 Å². The summed E-state index contributed by atoms with van der Waals surface area (Å²) in [5.74, 6) is -0.387. The predicted molar refractivity (Wildman–Crippen MR) is 110 cm³/mol. The van der Waals surface area contributed by atoms with E-state index < -0.39 is 29.1 Å². The summed E-state index contributed by atoms with van der Waals surface area (Å²) in [7, 11) is 0. The van der Waals surface area contributed by atoms with Gasteiger partial charge in [-0.25, -0.2) is 9.59 Å². The number of hydrogen-bond acceptors (Lipinski definition) is 4. The summed E-state index contributed by atoms with van der Waals surface area (Å²) < 4.78 is 5.44. The van der Waals surface area contributed by atoms with Gasteiger partial charge in [0.2, 0.25) is 5.91 Å². The second-order valence-electron chi connectivity index (χ2n) is 10.8. The molecule has 1 heterocycles.